The number of thioether (sulfide) groups is 1. The SMILES string of the molecule is CC(C)C(=N)SC(=N)c1ccc(Oc2cc(C(=O)NC3CN(C4CCCCC4)C3)ccc2CN2CCCC2=O)cc1. The second kappa shape index (κ2) is 13.2. The minimum Gasteiger partial charge on any atom is -0.457 e. The zero-order valence-corrected chi connectivity index (χ0v) is 24.9. The van der Waals surface area contributed by atoms with E-state index in [4.69, 9.17) is 15.6 Å². The van der Waals surface area contributed by atoms with Gasteiger partial charge in [-0.25, -0.2) is 0 Å². The third-order valence-electron chi connectivity index (χ3n) is 8.28. The standard InChI is InChI=1S/C32H41N5O3S/c1-21(2)30(33)41-31(34)22-12-14-27(15-13-22)40-28-17-23(10-11-24(28)18-36-16-6-9-29(36)38)32(39)35-25-19-37(20-25)26-7-4-3-5-8-26/h10-15,17,21,25-26,33-34H,3-9,16,18-20H2,1-2H3,(H,35,39). The monoisotopic (exact) mass is 575 g/mol. The number of likely N-dealkylation sites (tertiary alicyclic amines) is 2. The molecule has 218 valence electrons. The summed E-state index contributed by atoms with van der Waals surface area (Å²) in [6.45, 7) is 6.86. The van der Waals surface area contributed by atoms with Crippen molar-refractivity contribution in [2.45, 2.75) is 77.4 Å². The maximum atomic E-state index is 13.2. The van der Waals surface area contributed by atoms with Gasteiger partial charge in [-0.2, -0.15) is 0 Å². The van der Waals surface area contributed by atoms with Gasteiger partial charge in [-0.1, -0.05) is 50.9 Å². The fourth-order valence-corrected chi connectivity index (χ4v) is 6.41. The smallest absolute Gasteiger partial charge is 0.251 e. The summed E-state index contributed by atoms with van der Waals surface area (Å²) in [5, 5.41) is 20.4. The van der Waals surface area contributed by atoms with E-state index in [-0.39, 0.29) is 23.8 Å². The third-order valence-corrected chi connectivity index (χ3v) is 9.41. The van der Waals surface area contributed by atoms with E-state index >= 15 is 0 Å². The molecule has 0 unspecified atom stereocenters. The average molecular weight is 576 g/mol. The second-order valence-electron chi connectivity index (χ2n) is 11.7. The summed E-state index contributed by atoms with van der Waals surface area (Å²) < 4.78 is 6.30. The molecule has 8 nitrogen and oxygen atoms in total. The molecule has 0 spiro atoms. The highest BCUT2D eigenvalue weighted by atomic mass is 32.2. The molecular formula is C32H41N5O3S. The van der Waals surface area contributed by atoms with E-state index in [0.717, 1.165) is 43.4 Å². The van der Waals surface area contributed by atoms with Gasteiger partial charge in [-0.3, -0.25) is 25.3 Å². The highest BCUT2D eigenvalue weighted by molar-refractivity contribution is 8.26. The van der Waals surface area contributed by atoms with Crippen molar-refractivity contribution in [2.75, 3.05) is 19.6 Å². The molecule has 41 heavy (non-hydrogen) atoms. The Kier molecular flexibility index (Phi) is 9.45. The number of hydrogen-bond acceptors (Lipinski definition) is 7. The first-order valence-electron chi connectivity index (χ1n) is 14.9. The van der Waals surface area contributed by atoms with E-state index in [1.165, 1.54) is 32.1 Å². The summed E-state index contributed by atoms with van der Waals surface area (Å²) in [5.41, 5.74) is 2.10. The molecule has 0 radical (unpaired) electrons. The molecular weight excluding hydrogens is 534 g/mol. The van der Waals surface area contributed by atoms with E-state index in [2.05, 4.69) is 10.2 Å². The molecule has 0 atom stereocenters. The van der Waals surface area contributed by atoms with Crippen LogP contribution in [-0.4, -0.2) is 63.4 Å². The first-order chi connectivity index (χ1) is 19.8. The van der Waals surface area contributed by atoms with Gasteiger partial charge in [0.15, 0.2) is 0 Å². The van der Waals surface area contributed by atoms with Crippen LogP contribution >= 0.6 is 11.8 Å². The van der Waals surface area contributed by atoms with E-state index in [1.807, 2.05) is 43.0 Å². The topological polar surface area (TPSA) is 110 Å². The molecule has 0 bridgehead atoms. The van der Waals surface area contributed by atoms with Crippen LogP contribution in [0.4, 0.5) is 0 Å². The molecule has 5 rings (SSSR count). The lowest BCUT2D eigenvalue weighted by molar-refractivity contribution is -0.128. The molecule has 2 aromatic rings. The summed E-state index contributed by atoms with van der Waals surface area (Å²) in [6, 6.07) is 13.5. The maximum Gasteiger partial charge on any atom is 0.251 e. The predicted octanol–water partition coefficient (Wildman–Crippen LogP) is 6.04. The van der Waals surface area contributed by atoms with E-state index in [9.17, 15) is 9.59 Å². The van der Waals surface area contributed by atoms with Gasteiger partial charge in [0.25, 0.3) is 5.91 Å². The zero-order chi connectivity index (χ0) is 28.9. The molecule has 3 N–H and O–H groups in total. The lowest BCUT2D eigenvalue weighted by atomic mass is 9.91. The summed E-state index contributed by atoms with van der Waals surface area (Å²) in [5.74, 6) is 1.24. The van der Waals surface area contributed by atoms with Gasteiger partial charge in [-0.05, 0) is 55.7 Å². The molecule has 2 aromatic carbocycles. The highest BCUT2D eigenvalue weighted by Crippen LogP contribution is 2.31. The van der Waals surface area contributed by atoms with Gasteiger partial charge in [0.1, 0.15) is 16.5 Å². The zero-order valence-electron chi connectivity index (χ0n) is 24.1. The molecule has 1 saturated carbocycles. The number of hydrogen-bond donors (Lipinski definition) is 3. The Balaban J connectivity index is 1.27. The van der Waals surface area contributed by atoms with Gasteiger partial charge in [0, 0.05) is 61.2 Å². The third kappa shape index (κ3) is 7.38. The molecule has 2 amide bonds. The number of carbonyl (C=O) groups is 2. The van der Waals surface area contributed by atoms with Crippen LogP contribution in [0.2, 0.25) is 0 Å². The quantitative estimate of drug-likeness (QED) is 0.250. The van der Waals surface area contributed by atoms with Crippen LogP contribution in [0, 0.1) is 16.7 Å². The summed E-state index contributed by atoms with van der Waals surface area (Å²) in [6.07, 6.45) is 7.92. The molecule has 2 heterocycles. The molecule has 2 aliphatic heterocycles. The van der Waals surface area contributed by atoms with Crippen LogP contribution in [0.15, 0.2) is 42.5 Å². The van der Waals surface area contributed by atoms with Crippen LogP contribution in [0.25, 0.3) is 0 Å². The summed E-state index contributed by atoms with van der Waals surface area (Å²) >= 11 is 1.16. The van der Waals surface area contributed by atoms with Gasteiger partial charge in [-0.15, -0.1) is 0 Å². The van der Waals surface area contributed by atoms with Crippen molar-refractivity contribution in [3.05, 3.63) is 59.2 Å². The van der Waals surface area contributed by atoms with Crippen molar-refractivity contribution < 1.29 is 14.3 Å². The van der Waals surface area contributed by atoms with Crippen molar-refractivity contribution in [3.63, 3.8) is 0 Å². The van der Waals surface area contributed by atoms with E-state index in [1.54, 1.807) is 18.2 Å². The van der Waals surface area contributed by atoms with Crippen LogP contribution < -0.4 is 10.1 Å². The number of benzene rings is 2. The van der Waals surface area contributed by atoms with Crippen LogP contribution in [0.3, 0.4) is 0 Å². The Morgan fingerprint density at radius 3 is 2.39 bits per heavy atom. The Morgan fingerprint density at radius 1 is 1.02 bits per heavy atom. The lowest BCUT2D eigenvalue weighted by Crippen LogP contribution is -2.62. The Hall–Kier alpha value is -3.17. The van der Waals surface area contributed by atoms with Gasteiger partial charge >= 0.3 is 0 Å². The average Bonchev–Trinajstić information content (AvgIpc) is 3.35. The molecule has 3 fully saturated rings. The number of ether oxygens (including phenoxy) is 1. The van der Waals surface area contributed by atoms with Crippen molar-refractivity contribution in [3.8, 4) is 11.5 Å². The predicted molar refractivity (Wildman–Crippen MR) is 164 cm³/mol. The lowest BCUT2D eigenvalue weighted by Gasteiger charge is -2.45. The minimum atomic E-state index is -0.111. The van der Waals surface area contributed by atoms with Gasteiger partial charge < -0.3 is 15.0 Å². The fourth-order valence-electron chi connectivity index (χ4n) is 5.70. The van der Waals surface area contributed by atoms with Crippen molar-refractivity contribution in [1.82, 2.24) is 15.1 Å². The van der Waals surface area contributed by atoms with E-state index in [0.29, 0.717) is 51.7 Å². The summed E-state index contributed by atoms with van der Waals surface area (Å²) in [7, 11) is 0. The van der Waals surface area contributed by atoms with E-state index < -0.39 is 0 Å². The molecule has 3 aliphatic rings. The minimum absolute atomic E-state index is 0.0773. The molecule has 0 aromatic heterocycles. The van der Waals surface area contributed by atoms with Crippen LogP contribution in [0.1, 0.15) is 80.3 Å². The number of rotatable bonds is 9. The number of nitrogens with one attached hydrogen (secondary N) is 3. The van der Waals surface area contributed by atoms with Crippen molar-refractivity contribution in [2.24, 2.45) is 5.92 Å². The van der Waals surface area contributed by atoms with Crippen LogP contribution in [-0.2, 0) is 11.3 Å². The Labute approximate surface area is 247 Å². The molecule has 9 heteroatoms. The molecule has 2 saturated heterocycles. The second-order valence-corrected chi connectivity index (χ2v) is 12.8. The Morgan fingerprint density at radius 2 is 1.73 bits per heavy atom. The number of carbonyl (C=O) groups excluding carboxylic acids is 2. The van der Waals surface area contributed by atoms with Gasteiger partial charge in [0.05, 0.1) is 11.1 Å². The van der Waals surface area contributed by atoms with Gasteiger partial charge in [0.2, 0.25) is 5.91 Å². The maximum absolute atomic E-state index is 13.2. The number of amides is 2. The van der Waals surface area contributed by atoms with Crippen molar-refractivity contribution >= 4 is 33.7 Å². The normalized spacial score (nSPS) is 18.4. The number of nitrogens with zero attached hydrogens (tertiary/aromatic N) is 2. The fraction of sp³-hybridized carbons (Fsp3) is 0.500. The molecule has 1 aliphatic carbocycles. The van der Waals surface area contributed by atoms with Crippen LogP contribution in [0.5, 0.6) is 11.5 Å². The largest absolute Gasteiger partial charge is 0.457 e. The Bertz CT molecular complexity index is 1280. The van der Waals surface area contributed by atoms with Crippen molar-refractivity contribution in [1.29, 1.82) is 10.8 Å². The first kappa shape index (κ1) is 29.3. The first-order valence-corrected chi connectivity index (χ1v) is 15.7. The highest BCUT2D eigenvalue weighted by Gasteiger charge is 2.34. The summed E-state index contributed by atoms with van der Waals surface area (Å²) in [4.78, 5) is 29.9.